The Bertz CT molecular complexity index is 268. The van der Waals surface area contributed by atoms with Crippen molar-refractivity contribution in [3.05, 3.63) is 22.4 Å². The Morgan fingerprint density at radius 1 is 1.47 bits per heavy atom. The van der Waals surface area contributed by atoms with Crippen LogP contribution >= 0.6 is 11.3 Å². The maximum atomic E-state index is 2.69. The van der Waals surface area contributed by atoms with Crippen molar-refractivity contribution in [2.24, 2.45) is 0 Å². The first kappa shape index (κ1) is 11.2. The van der Waals surface area contributed by atoms with E-state index in [1.54, 1.807) is 4.88 Å². The predicted octanol–water partition coefficient (Wildman–Crippen LogP) is 4.08. The molecule has 1 fully saturated rings. The van der Waals surface area contributed by atoms with Gasteiger partial charge in [0.1, 0.15) is 0 Å². The normalized spacial score (nSPS) is 23.1. The van der Waals surface area contributed by atoms with E-state index in [1.807, 2.05) is 11.3 Å². The van der Waals surface area contributed by atoms with E-state index in [4.69, 9.17) is 0 Å². The molecule has 1 aliphatic rings. The molecule has 15 heavy (non-hydrogen) atoms. The first-order chi connectivity index (χ1) is 7.42. The summed E-state index contributed by atoms with van der Waals surface area (Å²) in [5.41, 5.74) is 0. The third-order valence-corrected chi connectivity index (χ3v) is 4.26. The second-order valence-corrected chi connectivity index (χ2v) is 5.40. The van der Waals surface area contributed by atoms with Gasteiger partial charge in [-0.2, -0.15) is 0 Å². The lowest BCUT2D eigenvalue weighted by Gasteiger charge is -2.35. The third kappa shape index (κ3) is 2.82. The molecule has 0 aliphatic carbocycles. The maximum Gasteiger partial charge on any atom is 0.0441 e. The van der Waals surface area contributed by atoms with Crippen molar-refractivity contribution < 1.29 is 0 Å². The van der Waals surface area contributed by atoms with Crippen LogP contribution in [0.3, 0.4) is 0 Å². The molecule has 1 nitrogen and oxygen atoms in total. The van der Waals surface area contributed by atoms with Gasteiger partial charge in [-0.1, -0.05) is 25.8 Å². The van der Waals surface area contributed by atoms with Gasteiger partial charge in [0.05, 0.1) is 0 Å². The fraction of sp³-hybridized carbons (Fsp3) is 0.692. The highest BCUT2D eigenvalue weighted by atomic mass is 32.1. The van der Waals surface area contributed by atoms with Crippen LogP contribution in [0.1, 0.15) is 49.9 Å². The van der Waals surface area contributed by atoms with Crippen LogP contribution in [-0.4, -0.2) is 18.0 Å². The zero-order valence-corrected chi connectivity index (χ0v) is 10.4. The fourth-order valence-corrected chi connectivity index (χ4v) is 3.32. The van der Waals surface area contributed by atoms with Crippen LogP contribution < -0.4 is 0 Å². The van der Waals surface area contributed by atoms with Gasteiger partial charge in [-0.3, -0.25) is 4.90 Å². The number of hydrogen-bond donors (Lipinski definition) is 0. The monoisotopic (exact) mass is 223 g/mol. The predicted molar refractivity (Wildman–Crippen MR) is 67.4 cm³/mol. The van der Waals surface area contributed by atoms with E-state index >= 15 is 0 Å². The zero-order valence-electron chi connectivity index (χ0n) is 9.61. The van der Waals surface area contributed by atoms with E-state index in [0.717, 1.165) is 6.04 Å². The van der Waals surface area contributed by atoms with Gasteiger partial charge in [0.2, 0.25) is 0 Å². The molecule has 1 saturated heterocycles. The van der Waals surface area contributed by atoms with Crippen LogP contribution in [-0.2, 0) is 0 Å². The molecule has 2 rings (SSSR count). The third-order valence-electron chi connectivity index (χ3n) is 3.28. The molecule has 0 amide bonds. The molecule has 0 bridgehead atoms. The highest BCUT2D eigenvalue weighted by Crippen LogP contribution is 2.33. The maximum absolute atomic E-state index is 2.69. The molecule has 2 heteroatoms. The Kier molecular flexibility index (Phi) is 4.21. The summed E-state index contributed by atoms with van der Waals surface area (Å²) in [6.45, 7) is 4.88. The average molecular weight is 223 g/mol. The van der Waals surface area contributed by atoms with Gasteiger partial charge < -0.3 is 0 Å². The number of nitrogens with zero attached hydrogens (tertiary/aromatic N) is 1. The molecule has 0 aromatic carbocycles. The van der Waals surface area contributed by atoms with Crippen molar-refractivity contribution in [3.63, 3.8) is 0 Å². The van der Waals surface area contributed by atoms with E-state index in [9.17, 15) is 0 Å². The number of hydrogen-bond acceptors (Lipinski definition) is 2. The number of rotatable bonds is 4. The Morgan fingerprint density at radius 2 is 2.40 bits per heavy atom. The number of thiophene rings is 1. The van der Waals surface area contributed by atoms with E-state index in [-0.39, 0.29) is 0 Å². The molecule has 0 radical (unpaired) electrons. The molecular weight excluding hydrogens is 202 g/mol. The lowest BCUT2D eigenvalue weighted by molar-refractivity contribution is 0.149. The zero-order chi connectivity index (χ0) is 10.5. The van der Waals surface area contributed by atoms with Crippen LogP contribution in [0.5, 0.6) is 0 Å². The minimum Gasteiger partial charge on any atom is -0.296 e. The highest BCUT2D eigenvalue weighted by Gasteiger charge is 2.23. The Morgan fingerprint density at radius 3 is 3.13 bits per heavy atom. The largest absolute Gasteiger partial charge is 0.296 e. The Balaban J connectivity index is 1.99. The molecule has 1 aromatic rings. The van der Waals surface area contributed by atoms with Gasteiger partial charge in [-0.25, -0.2) is 0 Å². The molecular formula is C13H21NS. The minimum atomic E-state index is 0.727. The molecule has 0 N–H and O–H groups in total. The molecule has 84 valence electrons. The summed E-state index contributed by atoms with van der Waals surface area (Å²) in [4.78, 5) is 4.27. The molecule has 0 saturated carbocycles. The minimum absolute atomic E-state index is 0.727. The molecule has 2 heterocycles. The standard InChI is InChI=1S/C13H21NS/c1-2-3-9-14-10-5-4-7-12(14)13-8-6-11-15-13/h6,8,11-12H,2-5,7,9-10H2,1H3/t12-/m0/s1. The fourth-order valence-electron chi connectivity index (χ4n) is 2.42. The van der Waals surface area contributed by atoms with Crippen LogP contribution in [0.2, 0.25) is 0 Å². The van der Waals surface area contributed by atoms with Gasteiger partial charge in [-0.05, 0) is 43.8 Å². The van der Waals surface area contributed by atoms with Crippen LogP contribution in [0.25, 0.3) is 0 Å². The first-order valence-electron chi connectivity index (χ1n) is 6.19. The van der Waals surface area contributed by atoms with Gasteiger partial charge in [0, 0.05) is 10.9 Å². The van der Waals surface area contributed by atoms with Gasteiger partial charge in [0.15, 0.2) is 0 Å². The molecule has 0 spiro atoms. The molecule has 1 aliphatic heterocycles. The average Bonchev–Trinajstić information content (AvgIpc) is 2.80. The smallest absolute Gasteiger partial charge is 0.0441 e. The van der Waals surface area contributed by atoms with Crippen LogP contribution in [0.15, 0.2) is 17.5 Å². The molecule has 1 aromatic heterocycles. The van der Waals surface area contributed by atoms with E-state index in [1.165, 1.54) is 45.2 Å². The van der Waals surface area contributed by atoms with E-state index < -0.39 is 0 Å². The van der Waals surface area contributed by atoms with E-state index in [0.29, 0.717) is 0 Å². The lowest BCUT2D eigenvalue weighted by atomic mass is 10.0. The SMILES string of the molecule is CCCCN1CCCC[C@H]1c1cccs1. The van der Waals surface area contributed by atoms with Crippen molar-refractivity contribution in [2.45, 2.75) is 45.1 Å². The number of piperidine rings is 1. The summed E-state index contributed by atoms with van der Waals surface area (Å²) >= 11 is 1.92. The second kappa shape index (κ2) is 5.66. The van der Waals surface area contributed by atoms with Crippen molar-refractivity contribution in [3.8, 4) is 0 Å². The van der Waals surface area contributed by atoms with Crippen molar-refractivity contribution in [2.75, 3.05) is 13.1 Å². The van der Waals surface area contributed by atoms with E-state index in [2.05, 4.69) is 29.3 Å². The lowest BCUT2D eigenvalue weighted by Crippen LogP contribution is -2.33. The first-order valence-corrected chi connectivity index (χ1v) is 7.07. The summed E-state index contributed by atoms with van der Waals surface area (Å²) in [6.07, 6.45) is 6.83. The summed E-state index contributed by atoms with van der Waals surface area (Å²) in [5.74, 6) is 0. The summed E-state index contributed by atoms with van der Waals surface area (Å²) < 4.78 is 0. The second-order valence-electron chi connectivity index (χ2n) is 4.42. The highest BCUT2D eigenvalue weighted by molar-refractivity contribution is 7.10. The summed E-state index contributed by atoms with van der Waals surface area (Å²) in [6, 6.07) is 5.22. The van der Waals surface area contributed by atoms with Crippen molar-refractivity contribution in [1.82, 2.24) is 4.90 Å². The molecule has 0 unspecified atom stereocenters. The quantitative estimate of drug-likeness (QED) is 0.743. The summed E-state index contributed by atoms with van der Waals surface area (Å²) in [5, 5.41) is 2.21. The van der Waals surface area contributed by atoms with Crippen molar-refractivity contribution in [1.29, 1.82) is 0 Å². The van der Waals surface area contributed by atoms with Crippen molar-refractivity contribution >= 4 is 11.3 Å². The van der Waals surface area contributed by atoms with Gasteiger partial charge >= 0.3 is 0 Å². The topological polar surface area (TPSA) is 3.24 Å². The number of likely N-dealkylation sites (tertiary alicyclic amines) is 1. The van der Waals surface area contributed by atoms with Crippen LogP contribution in [0.4, 0.5) is 0 Å². The Hall–Kier alpha value is -0.340. The summed E-state index contributed by atoms with van der Waals surface area (Å²) in [7, 11) is 0. The van der Waals surface area contributed by atoms with Gasteiger partial charge in [-0.15, -0.1) is 11.3 Å². The number of unbranched alkanes of at least 4 members (excludes halogenated alkanes) is 1. The molecule has 1 atom stereocenters. The van der Waals surface area contributed by atoms with Gasteiger partial charge in [0.25, 0.3) is 0 Å². The Labute approximate surface area is 97.1 Å². The van der Waals surface area contributed by atoms with Crippen LogP contribution in [0, 0.1) is 0 Å².